The van der Waals surface area contributed by atoms with E-state index in [-0.39, 0.29) is 5.97 Å². The number of rotatable bonds is 22. The second kappa shape index (κ2) is 23.5. The smallest absolute Gasteiger partial charge is 0.330 e. The molecule has 0 atom stereocenters. The molecular formula is C27H52O2. The maximum Gasteiger partial charge on any atom is 0.330 e. The van der Waals surface area contributed by atoms with E-state index in [0.717, 1.165) is 19.3 Å². The van der Waals surface area contributed by atoms with Crippen molar-refractivity contribution in [1.29, 1.82) is 0 Å². The van der Waals surface area contributed by atoms with Gasteiger partial charge < -0.3 is 4.74 Å². The molecule has 0 aliphatic rings. The van der Waals surface area contributed by atoms with Gasteiger partial charge in [0, 0.05) is 6.08 Å². The van der Waals surface area contributed by atoms with Crippen LogP contribution in [-0.2, 0) is 9.53 Å². The first-order chi connectivity index (χ1) is 14.2. The van der Waals surface area contributed by atoms with Crippen LogP contribution < -0.4 is 0 Å². The Hall–Kier alpha value is -0.790. The molecule has 0 radical (unpaired) electrons. The van der Waals surface area contributed by atoms with E-state index in [9.17, 15) is 4.79 Å². The summed E-state index contributed by atoms with van der Waals surface area (Å²) < 4.78 is 5.47. The van der Waals surface area contributed by atoms with Gasteiger partial charge in [-0.05, 0) is 32.1 Å². The monoisotopic (exact) mass is 408 g/mol. The van der Waals surface area contributed by atoms with Crippen LogP contribution in [0.5, 0.6) is 0 Å². The molecule has 2 heteroatoms. The molecule has 0 bridgehead atoms. The number of unbranched alkanes of at least 4 members (excludes halogenated alkanes) is 15. The van der Waals surface area contributed by atoms with Gasteiger partial charge in [0.1, 0.15) is 0 Å². The number of carbonyl (C=O) groups excluding carboxylic acids is 1. The van der Waals surface area contributed by atoms with E-state index in [1.165, 1.54) is 115 Å². The van der Waals surface area contributed by atoms with Crippen LogP contribution in [0.4, 0.5) is 0 Å². The topological polar surface area (TPSA) is 26.3 Å². The normalized spacial score (nSPS) is 11.8. The molecule has 0 aliphatic heterocycles. The van der Waals surface area contributed by atoms with Gasteiger partial charge in [-0.2, -0.15) is 0 Å². The lowest BCUT2D eigenvalue weighted by atomic mass is 10.00. The molecule has 0 aromatic heterocycles. The fourth-order valence-electron chi connectivity index (χ4n) is 3.80. The number of ether oxygens (including phenoxy) is 1. The summed E-state index contributed by atoms with van der Waals surface area (Å²) in [5.74, 6) is -0.109. The third-order valence-corrected chi connectivity index (χ3v) is 5.77. The Balaban J connectivity index is 3.97. The predicted octanol–water partition coefficient (Wildman–Crippen LogP) is 9.32. The van der Waals surface area contributed by atoms with Crippen molar-refractivity contribution in [2.75, 3.05) is 6.61 Å². The minimum atomic E-state index is -0.109. The second-order valence-corrected chi connectivity index (χ2v) is 8.77. The van der Waals surface area contributed by atoms with Crippen LogP contribution in [-0.4, -0.2) is 12.6 Å². The highest BCUT2D eigenvalue weighted by atomic mass is 16.5. The minimum Gasteiger partial charge on any atom is -0.463 e. The lowest BCUT2D eigenvalue weighted by Crippen LogP contribution is -2.04. The SMILES string of the molecule is CCCCCCCCCC/C(=C\C(=O)OCCCCCCCCC)CCCCC. The Morgan fingerprint density at radius 2 is 0.931 bits per heavy atom. The molecule has 2 nitrogen and oxygen atoms in total. The summed E-state index contributed by atoms with van der Waals surface area (Å²) in [7, 11) is 0. The number of hydrogen-bond acceptors (Lipinski definition) is 2. The molecule has 0 heterocycles. The van der Waals surface area contributed by atoms with Gasteiger partial charge in [0.2, 0.25) is 0 Å². The third kappa shape index (κ3) is 21.7. The van der Waals surface area contributed by atoms with Gasteiger partial charge in [-0.3, -0.25) is 0 Å². The van der Waals surface area contributed by atoms with Crippen molar-refractivity contribution >= 4 is 5.97 Å². The summed E-state index contributed by atoms with van der Waals surface area (Å²) in [6, 6.07) is 0. The fraction of sp³-hybridized carbons (Fsp3) is 0.889. The highest BCUT2D eigenvalue weighted by Gasteiger charge is 2.04. The lowest BCUT2D eigenvalue weighted by Gasteiger charge is -2.08. The predicted molar refractivity (Wildman–Crippen MR) is 128 cm³/mol. The van der Waals surface area contributed by atoms with Gasteiger partial charge in [0.05, 0.1) is 6.61 Å². The highest BCUT2D eigenvalue weighted by molar-refractivity contribution is 5.82. The van der Waals surface area contributed by atoms with E-state index in [1.54, 1.807) is 0 Å². The van der Waals surface area contributed by atoms with E-state index >= 15 is 0 Å². The Labute approximate surface area is 183 Å². The summed E-state index contributed by atoms with van der Waals surface area (Å²) in [5, 5.41) is 0. The van der Waals surface area contributed by atoms with Crippen LogP contribution in [0.2, 0.25) is 0 Å². The molecule has 0 spiro atoms. The molecule has 172 valence electrons. The Kier molecular flexibility index (Phi) is 22.8. The molecule has 0 aromatic rings. The third-order valence-electron chi connectivity index (χ3n) is 5.77. The average molecular weight is 409 g/mol. The maximum absolute atomic E-state index is 12.2. The molecular weight excluding hydrogens is 356 g/mol. The van der Waals surface area contributed by atoms with Gasteiger partial charge in [-0.15, -0.1) is 0 Å². The molecule has 0 aromatic carbocycles. The van der Waals surface area contributed by atoms with Crippen molar-refractivity contribution in [2.45, 2.75) is 149 Å². The molecule has 0 amide bonds. The number of hydrogen-bond donors (Lipinski definition) is 0. The first-order valence-corrected chi connectivity index (χ1v) is 13.1. The number of esters is 1. The summed E-state index contributed by atoms with van der Waals surface area (Å²) in [5.41, 5.74) is 1.31. The summed E-state index contributed by atoms with van der Waals surface area (Å²) in [4.78, 5) is 12.2. The fourth-order valence-corrected chi connectivity index (χ4v) is 3.80. The molecule has 29 heavy (non-hydrogen) atoms. The Bertz CT molecular complexity index is 373. The first-order valence-electron chi connectivity index (χ1n) is 13.1. The van der Waals surface area contributed by atoms with Crippen LogP contribution in [0.1, 0.15) is 149 Å². The zero-order chi connectivity index (χ0) is 21.4. The summed E-state index contributed by atoms with van der Waals surface area (Å²) >= 11 is 0. The van der Waals surface area contributed by atoms with Gasteiger partial charge >= 0.3 is 5.97 Å². The van der Waals surface area contributed by atoms with Crippen LogP contribution >= 0.6 is 0 Å². The molecule has 0 rings (SSSR count). The minimum absolute atomic E-state index is 0.109. The summed E-state index contributed by atoms with van der Waals surface area (Å²) in [6.45, 7) is 7.34. The van der Waals surface area contributed by atoms with E-state index in [0.29, 0.717) is 6.61 Å². The molecule has 0 fully saturated rings. The van der Waals surface area contributed by atoms with Crippen LogP contribution in [0.25, 0.3) is 0 Å². The van der Waals surface area contributed by atoms with Crippen molar-refractivity contribution in [3.8, 4) is 0 Å². The van der Waals surface area contributed by atoms with Crippen molar-refractivity contribution in [3.05, 3.63) is 11.6 Å². The van der Waals surface area contributed by atoms with Crippen LogP contribution in [0, 0.1) is 0 Å². The number of allylic oxidation sites excluding steroid dienone is 1. The maximum atomic E-state index is 12.2. The van der Waals surface area contributed by atoms with Crippen molar-refractivity contribution in [1.82, 2.24) is 0 Å². The van der Waals surface area contributed by atoms with E-state index in [1.807, 2.05) is 6.08 Å². The summed E-state index contributed by atoms with van der Waals surface area (Å²) in [6.07, 6.45) is 27.1. The first kappa shape index (κ1) is 28.2. The van der Waals surface area contributed by atoms with Gasteiger partial charge in [0.25, 0.3) is 0 Å². The largest absolute Gasteiger partial charge is 0.463 e. The zero-order valence-electron chi connectivity index (χ0n) is 20.2. The average Bonchev–Trinajstić information content (AvgIpc) is 2.72. The second-order valence-electron chi connectivity index (χ2n) is 8.77. The van der Waals surface area contributed by atoms with Gasteiger partial charge in [-0.25, -0.2) is 4.79 Å². The lowest BCUT2D eigenvalue weighted by molar-refractivity contribution is -0.137. The standard InChI is InChI=1S/C27H52O2/c1-4-7-10-12-14-15-17-20-23-26(22-19-9-6-3)25-27(28)29-24-21-18-16-13-11-8-5-2/h25H,4-24H2,1-3H3/b26-25-. The van der Waals surface area contributed by atoms with Gasteiger partial charge in [0.15, 0.2) is 0 Å². The zero-order valence-corrected chi connectivity index (χ0v) is 20.2. The molecule has 0 saturated heterocycles. The molecule has 0 unspecified atom stereocenters. The molecule has 0 aliphatic carbocycles. The van der Waals surface area contributed by atoms with Crippen molar-refractivity contribution < 1.29 is 9.53 Å². The van der Waals surface area contributed by atoms with Crippen molar-refractivity contribution in [3.63, 3.8) is 0 Å². The van der Waals surface area contributed by atoms with Crippen LogP contribution in [0.3, 0.4) is 0 Å². The van der Waals surface area contributed by atoms with E-state index in [4.69, 9.17) is 4.74 Å². The number of carbonyl (C=O) groups is 1. The quantitative estimate of drug-likeness (QED) is 0.101. The molecule has 0 saturated carbocycles. The van der Waals surface area contributed by atoms with E-state index in [2.05, 4.69) is 20.8 Å². The Morgan fingerprint density at radius 3 is 1.45 bits per heavy atom. The van der Waals surface area contributed by atoms with E-state index < -0.39 is 0 Å². The van der Waals surface area contributed by atoms with Crippen LogP contribution in [0.15, 0.2) is 11.6 Å². The Morgan fingerprint density at radius 1 is 0.552 bits per heavy atom. The highest BCUT2D eigenvalue weighted by Crippen LogP contribution is 2.18. The van der Waals surface area contributed by atoms with Crippen molar-refractivity contribution in [2.24, 2.45) is 0 Å². The molecule has 0 N–H and O–H groups in total. The van der Waals surface area contributed by atoms with Gasteiger partial charge in [-0.1, -0.05) is 123 Å².